The van der Waals surface area contributed by atoms with Gasteiger partial charge >= 0.3 is 0 Å². The number of carbonyl (C=O) groups is 1. The zero-order valence-corrected chi connectivity index (χ0v) is 7.47. The highest BCUT2D eigenvalue weighted by Crippen LogP contribution is 2.19. The van der Waals surface area contributed by atoms with Gasteiger partial charge in [0.2, 0.25) is 0 Å². The number of rotatable bonds is 3. The Hall–Kier alpha value is -1.02. The Kier molecular flexibility index (Phi) is 3.11. The minimum absolute atomic E-state index is 0.517. The van der Waals surface area contributed by atoms with Gasteiger partial charge in [0.05, 0.1) is 6.61 Å². The van der Waals surface area contributed by atoms with Crippen molar-refractivity contribution in [2.24, 2.45) is 0 Å². The van der Waals surface area contributed by atoms with E-state index in [0.29, 0.717) is 22.9 Å². The van der Waals surface area contributed by atoms with Crippen molar-refractivity contribution in [3.8, 4) is 5.75 Å². The van der Waals surface area contributed by atoms with E-state index < -0.39 is 0 Å². The molecule has 0 aliphatic rings. The van der Waals surface area contributed by atoms with E-state index in [9.17, 15) is 4.79 Å². The lowest BCUT2D eigenvalue weighted by atomic mass is 10.2. The van der Waals surface area contributed by atoms with Crippen LogP contribution in [0.3, 0.4) is 0 Å². The maximum absolute atomic E-state index is 10.4. The van der Waals surface area contributed by atoms with Gasteiger partial charge in [-0.05, 0) is 25.1 Å². The van der Waals surface area contributed by atoms with E-state index in [1.54, 1.807) is 18.2 Å². The van der Waals surface area contributed by atoms with Gasteiger partial charge < -0.3 is 4.74 Å². The molecule has 0 radical (unpaired) electrons. The third kappa shape index (κ3) is 2.24. The second-order valence-corrected chi connectivity index (χ2v) is 2.71. The molecule has 0 fully saturated rings. The number of benzene rings is 1. The third-order valence-corrected chi connectivity index (χ3v) is 1.56. The molecule has 3 heteroatoms. The maximum atomic E-state index is 10.4. The van der Waals surface area contributed by atoms with Crippen LogP contribution >= 0.6 is 11.6 Å². The molecule has 0 atom stereocenters. The first-order valence-electron chi connectivity index (χ1n) is 3.65. The summed E-state index contributed by atoms with van der Waals surface area (Å²) in [4.78, 5) is 10.4. The standard InChI is InChI=1S/C9H9ClO2/c1-2-12-9-4-7(6-11)3-8(10)5-9/h3-6H,2H2,1H3. The molecule has 0 aliphatic heterocycles. The Labute approximate surface area is 76.1 Å². The van der Waals surface area contributed by atoms with Crippen molar-refractivity contribution in [3.05, 3.63) is 28.8 Å². The average Bonchev–Trinajstić information content (AvgIpc) is 2.04. The minimum Gasteiger partial charge on any atom is -0.494 e. The van der Waals surface area contributed by atoms with Crippen LogP contribution in [0, 0.1) is 0 Å². The van der Waals surface area contributed by atoms with Gasteiger partial charge in [0.25, 0.3) is 0 Å². The lowest BCUT2D eigenvalue weighted by Crippen LogP contribution is -1.92. The van der Waals surface area contributed by atoms with Crippen LogP contribution in [0.15, 0.2) is 18.2 Å². The molecule has 0 saturated carbocycles. The molecule has 64 valence electrons. The number of halogens is 1. The van der Waals surface area contributed by atoms with Gasteiger partial charge in [0.15, 0.2) is 0 Å². The first-order chi connectivity index (χ1) is 5.76. The quantitative estimate of drug-likeness (QED) is 0.675. The molecule has 0 spiro atoms. The molecular formula is C9H9ClO2. The van der Waals surface area contributed by atoms with E-state index in [1.165, 1.54) is 0 Å². The zero-order valence-electron chi connectivity index (χ0n) is 6.71. The van der Waals surface area contributed by atoms with E-state index in [1.807, 2.05) is 6.92 Å². The van der Waals surface area contributed by atoms with Crippen LogP contribution in [0.25, 0.3) is 0 Å². The highest BCUT2D eigenvalue weighted by atomic mass is 35.5. The van der Waals surface area contributed by atoms with Crippen molar-refractivity contribution in [1.82, 2.24) is 0 Å². The summed E-state index contributed by atoms with van der Waals surface area (Å²) in [5, 5.41) is 0.517. The number of hydrogen-bond donors (Lipinski definition) is 0. The Bertz CT molecular complexity index is 284. The Morgan fingerprint density at radius 2 is 2.25 bits per heavy atom. The van der Waals surface area contributed by atoms with Crippen molar-refractivity contribution in [2.75, 3.05) is 6.61 Å². The molecule has 0 aromatic heterocycles. The van der Waals surface area contributed by atoms with E-state index in [4.69, 9.17) is 16.3 Å². The van der Waals surface area contributed by atoms with Crippen LogP contribution in [0.4, 0.5) is 0 Å². The molecule has 1 aromatic rings. The molecule has 0 heterocycles. The highest BCUT2D eigenvalue weighted by molar-refractivity contribution is 6.31. The van der Waals surface area contributed by atoms with Crippen LogP contribution in [0.5, 0.6) is 5.75 Å². The van der Waals surface area contributed by atoms with Gasteiger partial charge in [-0.25, -0.2) is 0 Å². The van der Waals surface area contributed by atoms with Gasteiger partial charge in [0, 0.05) is 10.6 Å². The second kappa shape index (κ2) is 4.12. The van der Waals surface area contributed by atoms with E-state index >= 15 is 0 Å². The fourth-order valence-electron chi connectivity index (χ4n) is 0.902. The molecule has 0 saturated heterocycles. The van der Waals surface area contributed by atoms with Gasteiger partial charge in [-0.2, -0.15) is 0 Å². The fourth-order valence-corrected chi connectivity index (χ4v) is 1.14. The molecule has 0 aliphatic carbocycles. The normalized spacial score (nSPS) is 9.50. The SMILES string of the molecule is CCOc1cc(Cl)cc(C=O)c1. The number of carbonyl (C=O) groups excluding carboxylic acids is 1. The Balaban J connectivity index is 2.97. The van der Waals surface area contributed by atoms with Crippen LogP contribution in [0.2, 0.25) is 5.02 Å². The summed E-state index contributed by atoms with van der Waals surface area (Å²) in [7, 11) is 0. The molecule has 2 nitrogen and oxygen atoms in total. The summed E-state index contributed by atoms with van der Waals surface area (Å²) in [6.07, 6.45) is 0.744. The maximum Gasteiger partial charge on any atom is 0.150 e. The van der Waals surface area contributed by atoms with Crippen molar-refractivity contribution in [1.29, 1.82) is 0 Å². The monoisotopic (exact) mass is 184 g/mol. The topological polar surface area (TPSA) is 26.3 Å². The van der Waals surface area contributed by atoms with Gasteiger partial charge in [-0.1, -0.05) is 11.6 Å². The van der Waals surface area contributed by atoms with E-state index in [0.717, 1.165) is 6.29 Å². The zero-order chi connectivity index (χ0) is 8.97. The lowest BCUT2D eigenvalue weighted by molar-refractivity contribution is 0.112. The van der Waals surface area contributed by atoms with Crippen molar-refractivity contribution < 1.29 is 9.53 Å². The number of ether oxygens (including phenoxy) is 1. The molecular weight excluding hydrogens is 176 g/mol. The van der Waals surface area contributed by atoms with Crippen LogP contribution in [-0.4, -0.2) is 12.9 Å². The van der Waals surface area contributed by atoms with Crippen LogP contribution in [-0.2, 0) is 0 Å². The van der Waals surface area contributed by atoms with Gasteiger partial charge in [-0.3, -0.25) is 4.79 Å². The molecule has 12 heavy (non-hydrogen) atoms. The summed E-state index contributed by atoms with van der Waals surface area (Å²) in [6.45, 7) is 2.44. The van der Waals surface area contributed by atoms with Gasteiger partial charge in [0.1, 0.15) is 12.0 Å². The Morgan fingerprint density at radius 1 is 1.50 bits per heavy atom. The summed E-state index contributed by atoms with van der Waals surface area (Å²) in [5.74, 6) is 0.632. The summed E-state index contributed by atoms with van der Waals surface area (Å²) in [6, 6.07) is 4.93. The van der Waals surface area contributed by atoms with Crippen LogP contribution < -0.4 is 4.74 Å². The van der Waals surface area contributed by atoms with Gasteiger partial charge in [-0.15, -0.1) is 0 Å². The summed E-state index contributed by atoms with van der Waals surface area (Å²) in [5.41, 5.74) is 0.533. The second-order valence-electron chi connectivity index (χ2n) is 2.27. The Morgan fingerprint density at radius 3 is 2.83 bits per heavy atom. The summed E-state index contributed by atoms with van der Waals surface area (Å²) < 4.78 is 5.19. The van der Waals surface area contributed by atoms with Crippen molar-refractivity contribution >= 4 is 17.9 Å². The molecule has 1 aromatic carbocycles. The first-order valence-corrected chi connectivity index (χ1v) is 4.02. The van der Waals surface area contributed by atoms with Crippen molar-refractivity contribution in [3.63, 3.8) is 0 Å². The minimum atomic E-state index is 0.517. The smallest absolute Gasteiger partial charge is 0.150 e. The summed E-state index contributed by atoms with van der Waals surface area (Å²) >= 11 is 5.73. The molecule has 0 amide bonds. The first kappa shape index (κ1) is 9.07. The molecule has 0 unspecified atom stereocenters. The van der Waals surface area contributed by atoms with Crippen molar-refractivity contribution in [2.45, 2.75) is 6.92 Å². The average molecular weight is 185 g/mol. The van der Waals surface area contributed by atoms with E-state index in [-0.39, 0.29) is 0 Å². The highest BCUT2D eigenvalue weighted by Gasteiger charge is 1.98. The third-order valence-electron chi connectivity index (χ3n) is 1.34. The van der Waals surface area contributed by atoms with Crippen LogP contribution in [0.1, 0.15) is 17.3 Å². The predicted octanol–water partition coefficient (Wildman–Crippen LogP) is 2.55. The molecule has 1 rings (SSSR count). The van der Waals surface area contributed by atoms with E-state index in [2.05, 4.69) is 0 Å². The molecule has 0 bridgehead atoms. The largest absolute Gasteiger partial charge is 0.494 e. The molecule has 0 N–H and O–H groups in total. The predicted molar refractivity (Wildman–Crippen MR) is 48.0 cm³/mol. The lowest BCUT2D eigenvalue weighted by Gasteiger charge is -2.03. The number of aldehydes is 1. The fraction of sp³-hybridized carbons (Fsp3) is 0.222. The number of hydrogen-bond acceptors (Lipinski definition) is 2.